The van der Waals surface area contributed by atoms with Gasteiger partial charge < -0.3 is 4.98 Å². The molecule has 1 aliphatic heterocycles. The molecule has 0 amide bonds. The number of halogens is 3. The van der Waals surface area contributed by atoms with E-state index >= 15 is 0 Å². The summed E-state index contributed by atoms with van der Waals surface area (Å²) < 4.78 is 38.5. The number of hydrogen-bond acceptors (Lipinski definition) is 5. The van der Waals surface area contributed by atoms with Crippen LogP contribution in [0.2, 0.25) is 0 Å². The Kier molecular flexibility index (Phi) is 5.94. The molecule has 0 saturated heterocycles. The Hall–Kier alpha value is -3.85. The first-order chi connectivity index (χ1) is 16.8. The minimum Gasteiger partial charge on any atom is -0.306 e. The van der Waals surface area contributed by atoms with Crippen molar-refractivity contribution in [3.8, 4) is 22.8 Å². The number of H-pyrrole nitrogens is 1. The molecule has 9 heteroatoms. The van der Waals surface area contributed by atoms with E-state index in [2.05, 4.69) is 24.8 Å². The summed E-state index contributed by atoms with van der Waals surface area (Å²) in [7, 11) is 0. The molecule has 0 unspecified atom stereocenters. The van der Waals surface area contributed by atoms with E-state index in [-0.39, 0.29) is 11.4 Å². The molecule has 5 rings (SSSR count). The third-order valence-electron chi connectivity index (χ3n) is 6.14. The van der Waals surface area contributed by atoms with Crippen molar-refractivity contribution in [2.45, 2.75) is 32.6 Å². The number of nitrogens with zero attached hydrogens (tertiary/aromatic N) is 4. The van der Waals surface area contributed by atoms with E-state index in [4.69, 9.17) is 0 Å². The number of hydrogen-bond donors (Lipinski definition) is 1. The van der Waals surface area contributed by atoms with Gasteiger partial charge in [-0.15, -0.1) is 0 Å². The van der Waals surface area contributed by atoms with Crippen LogP contribution in [0.1, 0.15) is 28.1 Å². The quantitative estimate of drug-likeness (QED) is 0.458. The standard InChI is InChI=1S/C26H22F3N5O/c1-16-19(13-30-23(31-16)17-5-3-2-4-6-17)14-34-12-11-22-21(15-34)25(35)33-24(32-22)18-7-9-20(10-8-18)26(27,28)29/h2-10,13H,11-12,14-15H2,1H3,(H,32,33,35). The molecule has 35 heavy (non-hydrogen) atoms. The van der Waals surface area contributed by atoms with E-state index in [1.807, 2.05) is 43.5 Å². The fourth-order valence-electron chi connectivity index (χ4n) is 4.18. The summed E-state index contributed by atoms with van der Waals surface area (Å²) >= 11 is 0. The summed E-state index contributed by atoms with van der Waals surface area (Å²) in [6.07, 6.45) is -2.02. The molecule has 0 saturated carbocycles. The van der Waals surface area contributed by atoms with Crippen LogP contribution < -0.4 is 5.56 Å². The van der Waals surface area contributed by atoms with E-state index < -0.39 is 11.7 Å². The largest absolute Gasteiger partial charge is 0.416 e. The topological polar surface area (TPSA) is 74.8 Å². The van der Waals surface area contributed by atoms with Gasteiger partial charge in [0.2, 0.25) is 0 Å². The molecule has 178 valence electrons. The number of fused-ring (bicyclic) bond motifs is 1. The van der Waals surface area contributed by atoms with E-state index in [1.165, 1.54) is 12.1 Å². The highest BCUT2D eigenvalue weighted by Gasteiger charge is 2.30. The molecule has 0 fully saturated rings. The second-order valence-corrected chi connectivity index (χ2v) is 8.55. The third-order valence-corrected chi connectivity index (χ3v) is 6.14. The maximum Gasteiger partial charge on any atom is 0.416 e. The molecule has 1 aliphatic rings. The van der Waals surface area contributed by atoms with Gasteiger partial charge in [-0.1, -0.05) is 42.5 Å². The van der Waals surface area contributed by atoms with Gasteiger partial charge in [-0.25, -0.2) is 15.0 Å². The van der Waals surface area contributed by atoms with Crippen molar-refractivity contribution in [1.29, 1.82) is 0 Å². The van der Waals surface area contributed by atoms with E-state index in [0.717, 1.165) is 29.0 Å². The molecule has 0 radical (unpaired) electrons. The number of aromatic nitrogens is 4. The lowest BCUT2D eigenvalue weighted by Gasteiger charge is -2.28. The molecule has 2 aromatic carbocycles. The maximum absolute atomic E-state index is 12.8. The SMILES string of the molecule is Cc1nc(-c2ccccc2)ncc1CN1CCc2nc(-c3ccc(C(F)(F)F)cc3)[nH]c(=O)c2C1. The molecule has 0 aliphatic carbocycles. The monoisotopic (exact) mass is 477 g/mol. The number of rotatable bonds is 4. The normalized spacial score (nSPS) is 14.1. The van der Waals surface area contributed by atoms with Crippen LogP contribution in [0.3, 0.4) is 0 Å². The molecular weight excluding hydrogens is 455 g/mol. The lowest BCUT2D eigenvalue weighted by Crippen LogP contribution is -2.35. The van der Waals surface area contributed by atoms with Crippen molar-refractivity contribution in [1.82, 2.24) is 24.8 Å². The summed E-state index contributed by atoms with van der Waals surface area (Å²) in [6, 6.07) is 14.4. The van der Waals surface area contributed by atoms with Crippen molar-refractivity contribution in [2.75, 3.05) is 6.54 Å². The van der Waals surface area contributed by atoms with Crippen LogP contribution in [0.15, 0.2) is 65.6 Å². The molecule has 4 aromatic rings. The Labute approximate surface area is 199 Å². The predicted molar refractivity (Wildman–Crippen MR) is 125 cm³/mol. The molecule has 0 bridgehead atoms. The molecule has 1 N–H and O–H groups in total. The van der Waals surface area contributed by atoms with Gasteiger partial charge in [-0.05, 0) is 19.1 Å². The van der Waals surface area contributed by atoms with Gasteiger partial charge in [0.1, 0.15) is 5.82 Å². The Morgan fingerprint density at radius 1 is 1.00 bits per heavy atom. The minimum absolute atomic E-state index is 0.275. The highest BCUT2D eigenvalue weighted by atomic mass is 19.4. The lowest BCUT2D eigenvalue weighted by molar-refractivity contribution is -0.137. The van der Waals surface area contributed by atoms with Gasteiger partial charge in [0.05, 0.1) is 16.8 Å². The van der Waals surface area contributed by atoms with Crippen LogP contribution in [0.4, 0.5) is 13.2 Å². The second-order valence-electron chi connectivity index (χ2n) is 8.55. The first kappa shape index (κ1) is 22.9. The summed E-state index contributed by atoms with van der Waals surface area (Å²) in [4.78, 5) is 31.4. The van der Waals surface area contributed by atoms with Crippen molar-refractivity contribution in [2.24, 2.45) is 0 Å². The Morgan fingerprint density at radius 2 is 1.74 bits per heavy atom. The van der Waals surface area contributed by atoms with Crippen molar-refractivity contribution < 1.29 is 13.2 Å². The Morgan fingerprint density at radius 3 is 2.43 bits per heavy atom. The van der Waals surface area contributed by atoms with Crippen LogP contribution in [0.25, 0.3) is 22.8 Å². The number of aromatic amines is 1. The molecule has 0 atom stereocenters. The molecular formula is C26H22F3N5O. The van der Waals surface area contributed by atoms with Gasteiger partial charge in [0.25, 0.3) is 5.56 Å². The highest BCUT2D eigenvalue weighted by Crippen LogP contribution is 2.30. The fourth-order valence-corrected chi connectivity index (χ4v) is 4.18. The average molecular weight is 477 g/mol. The number of alkyl halides is 3. The van der Waals surface area contributed by atoms with E-state index in [9.17, 15) is 18.0 Å². The average Bonchev–Trinajstić information content (AvgIpc) is 2.85. The molecule has 2 aromatic heterocycles. The Balaban J connectivity index is 1.33. The van der Waals surface area contributed by atoms with Crippen molar-refractivity contribution >= 4 is 0 Å². The third kappa shape index (κ3) is 4.85. The lowest BCUT2D eigenvalue weighted by atomic mass is 10.0. The maximum atomic E-state index is 12.8. The van der Waals surface area contributed by atoms with E-state index in [0.29, 0.717) is 48.7 Å². The summed E-state index contributed by atoms with van der Waals surface area (Å²) in [5.74, 6) is 0.948. The van der Waals surface area contributed by atoms with E-state index in [1.54, 1.807) is 0 Å². The first-order valence-electron chi connectivity index (χ1n) is 11.2. The van der Waals surface area contributed by atoms with Gasteiger partial charge in [-0.2, -0.15) is 13.2 Å². The number of nitrogens with one attached hydrogen (secondary N) is 1. The van der Waals surface area contributed by atoms with Crippen LogP contribution >= 0.6 is 0 Å². The smallest absolute Gasteiger partial charge is 0.306 e. The molecule has 6 nitrogen and oxygen atoms in total. The van der Waals surface area contributed by atoms with Crippen LogP contribution in [-0.4, -0.2) is 31.4 Å². The number of aryl methyl sites for hydroxylation is 1. The zero-order valence-corrected chi connectivity index (χ0v) is 18.9. The van der Waals surface area contributed by atoms with Crippen LogP contribution in [0, 0.1) is 6.92 Å². The second kappa shape index (κ2) is 9.07. The zero-order chi connectivity index (χ0) is 24.6. The Bertz CT molecular complexity index is 1420. The van der Waals surface area contributed by atoms with Crippen LogP contribution in [0.5, 0.6) is 0 Å². The summed E-state index contributed by atoms with van der Waals surface area (Å²) in [5.41, 5.74) is 3.49. The zero-order valence-electron chi connectivity index (χ0n) is 18.9. The van der Waals surface area contributed by atoms with Gasteiger partial charge >= 0.3 is 6.18 Å². The van der Waals surface area contributed by atoms with Gasteiger partial charge in [-0.3, -0.25) is 9.69 Å². The van der Waals surface area contributed by atoms with Gasteiger partial charge in [0.15, 0.2) is 5.82 Å². The highest BCUT2D eigenvalue weighted by molar-refractivity contribution is 5.56. The minimum atomic E-state index is -4.41. The summed E-state index contributed by atoms with van der Waals surface area (Å²) in [5, 5.41) is 0. The summed E-state index contributed by atoms with van der Waals surface area (Å²) in [6.45, 7) is 3.66. The molecule has 3 heterocycles. The van der Waals surface area contributed by atoms with Crippen LogP contribution in [-0.2, 0) is 25.7 Å². The fraction of sp³-hybridized carbons (Fsp3) is 0.231. The predicted octanol–water partition coefficient (Wildman–Crippen LogP) is 4.78. The van der Waals surface area contributed by atoms with Crippen molar-refractivity contribution in [3.05, 3.63) is 99.2 Å². The van der Waals surface area contributed by atoms with Crippen molar-refractivity contribution in [3.63, 3.8) is 0 Å². The number of benzene rings is 2. The molecule has 0 spiro atoms. The first-order valence-corrected chi connectivity index (χ1v) is 11.2. The van der Waals surface area contributed by atoms with Gasteiger partial charge in [0, 0.05) is 54.6 Å².